The van der Waals surface area contributed by atoms with E-state index in [4.69, 9.17) is 14.7 Å². The predicted octanol–water partition coefficient (Wildman–Crippen LogP) is 6.44. The fourth-order valence-electron chi connectivity index (χ4n) is 8.82. The van der Waals surface area contributed by atoms with Crippen molar-refractivity contribution in [2.24, 2.45) is 5.41 Å². The van der Waals surface area contributed by atoms with Gasteiger partial charge in [-0.05, 0) is 73.4 Å². The number of benzene rings is 2. The van der Waals surface area contributed by atoms with E-state index in [-0.39, 0.29) is 47.5 Å². The topological polar surface area (TPSA) is 93.7 Å². The van der Waals surface area contributed by atoms with Crippen molar-refractivity contribution in [2.75, 3.05) is 68.8 Å². The van der Waals surface area contributed by atoms with Crippen LogP contribution in [0.25, 0.3) is 32.9 Å². The Morgan fingerprint density at radius 1 is 1.02 bits per heavy atom. The predicted molar refractivity (Wildman–Crippen MR) is 191 cm³/mol. The summed E-state index contributed by atoms with van der Waals surface area (Å²) in [5.41, 5.74) is 4.14. The molecule has 9 rings (SSSR count). The normalized spacial score (nSPS) is 21.7. The van der Waals surface area contributed by atoms with E-state index in [0.29, 0.717) is 68.5 Å². The van der Waals surface area contributed by atoms with Crippen molar-refractivity contribution in [3.63, 3.8) is 0 Å². The maximum absolute atomic E-state index is 14.1. The number of nitrogens with one attached hydrogen (secondary N) is 1. The van der Waals surface area contributed by atoms with Gasteiger partial charge in [0, 0.05) is 80.0 Å². The standard InChI is InChI=1S/C38H41F5N8O2/c1-3-29(52)51-18-36(19-51)8-11-48(12-9-36)34-26-14-25(23-5-6-23)31(30-22(2)4-7-28-27(30)15-44-47-28)33(53-21-38(41,42)43)32(26)45-35(46-34)50-16-24(17-50)49-13-10-37(39,40)20-49/h3-4,7,14-15,23-24H,1,5-6,8-13,16-21H2,2H3,(H,44,47). The van der Waals surface area contributed by atoms with Crippen molar-refractivity contribution in [3.05, 3.63) is 48.2 Å². The molecule has 6 heterocycles. The lowest BCUT2D eigenvalue weighted by atomic mass is 9.72. The Bertz CT molecular complexity index is 2110. The van der Waals surface area contributed by atoms with Gasteiger partial charge in [-0.1, -0.05) is 12.6 Å². The fraction of sp³-hybridized carbons (Fsp3) is 0.526. The van der Waals surface area contributed by atoms with Gasteiger partial charge < -0.3 is 19.4 Å². The van der Waals surface area contributed by atoms with Crippen LogP contribution in [0.15, 0.2) is 37.1 Å². The molecule has 0 atom stereocenters. The Hall–Kier alpha value is -4.53. The molecule has 53 heavy (non-hydrogen) atoms. The van der Waals surface area contributed by atoms with Crippen molar-refractivity contribution in [2.45, 2.75) is 63.1 Å². The molecule has 15 heteroatoms. The number of alkyl halides is 5. The molecular weight excluding hydrogens is 695 g/mol. The minimum absolute atomic E-state index is 0.00254. The molecule has 2 aromatic carbocycles. The molecule has 1 N–H and O–H groups in total. The number of amides is 1. The monoisotopic (exact) mass is 736 g/mol. The number of piperidine rings is 1. The van der Waals surface area contributed by atoms with Crippen LogP contribution in [-0.4, -0.2) is 113 Å². The summed E-state index contributed by atoms with van der Waals surface area (Å²) in [7, 11) is 0. The number of hydrogen-bond donors (Lipinski definition) is 1. The molecule has 0 bridgehead atoms. The largest absolute Gasteiger partial charge is 0.481 e. The van der Waals surface area contributed by atoms with Gasteiger partial charge in [0.1, 0.15) is 11.3 Å². The fourth-order valence-corrected chi connectivity index (χ4v) is 8.82. The summed E-state index contributed by atoms with van der Waals surface area (Å²) in [5.74, 6) is -1.65. The van der Waals surface area contributed by atoms with Crippen molar-refractivity contribution in [3.8, 4) is 16.9 Å². The average molecular weight is 737 g/mol. The maximum atomic E-state index is 14.1. The molecule has 1 saturated carbocycles. The molecular formula is C38H41F5N8O2. The number of carbonyl (C=O) groups excluding carboxylic acids is 1. The number of H-pyrrole nitrogens is 1. The number of aromatic amines is 1. The number of fused-ring (bicyclic) bond motifs is 2. The summed E-state index contributed by atoms with van der Waals surface area (Å²) in [6.45, 7) is 7.52. The van der Waals surface area contributed by atoms with Crippen LogP contribution in [0, 0.1) is 12.3 Å². The SMILES string of the molecule is C=CC(=O)N1CC2(CCN(c3nc(N4CC(N5CCC(F)(F)C5)C4)nc4c(OCC(F)(F)F)c(-c5c(C)ccc6[nH]ncc56)c(C5CC5)cc34)CC2)C1. The van der Waals surface area contributed by atoms with E-state index in [2.05, 4.69) is 27.7 Å². The number of aryl methyl sites for hydroxylation is 1. The first kappa shape index (κ1) is 34.3. The molecule has 4 aromatic rings. The van der Waals surface area contributed by atoms with Crippen molar-refractivity contribution >= 4 is 39.5 Å². The van der Waals surface area contributed by atoms with Crippen LogP contribution >= 0.6 is 0 Å². The van der Waals surface area contributed by atoms with Gasteiger partial charge in [-0.25, -0.2) is 13.8 Å². The van der Waals surface area contributed by atoms with Gasteiger partial charge in [0.2, 0.25) is 11.9 Å². The Balaban J connectivity index is 1.18. The highest BCUT2D eigenvalue weighted by Gasteiger charge is 2.48. The second-order valence-electron chi connectivity index (χ2n) is 15.7. The lowest BCUT2D eigenvalue weighted by molar-refractivity contribution is -0.153. The number of hydrogen-bond acceptors (Lipinski definition) is 8. The van der Waals surface area contributed by atoms with Crippen LogP contribution in [0.4, 0.5) is 33.7 Å². The van der Waals surface area contributed by atoms with E-state index >= 15 is 0 Å². The molecule has 0 unspecified atom stereocenters. The second kappa shape index (κ2) is 12.3. The highest BCUT2D eigenvalue weighted by atomic mass is 19.4. The van der Waals surface area contributed by atoms with Crippen molar-refractivity contribution < 1.29 is 31.5 Å². The third-order valence-electron chi connectivity index (χ3n) is 11.9. The van der Waals surface area contributed by atoms with Crippen molar-refractivity contribution in [1.29, 1.82) is 0 Å². The van der Waals surface area contributed by atoms with Gasteiger partial charge >= 0.3 is 6.18 Å². The Kier molecular flexibility index (Phi) is 7.92. The molecule has 1 amide bonds. The van der Waals surface area contributed by atoms with Gasteiger partial charge in [0.15, 0.2) is 12.4 Å². The van der Waals surface area contributed by atoms with E-state index < -0.39 is 18.7 Å². The number of nitrogens with zero attached hydrogens (tertiary/aromatic N) is 7. The summed E-state index contributed by atoms with van der Waals surface area (Å²) in [5, 5.41) is 8.65. The van der Waals surface area contributed by atoms with Crippen LogP contribution in [-0.2, 0) is 4.79 Å². The van der Waals surface area contributed by atoms with Crippen LogP contribution in [0.2, 0.25) is 0 Å². The van der Waals surface area contributed by atoms with Crippen LogP contribution in [0.5, 0.6) is 5.75 Å². The Labute approximate surface area is 303 Å². The number of ether oxygens (including phenoxy) is 1. The minimum Gasteiger partial charge on any atom is -0.481 e. The summed E-state index contributed by atoms with van der Waals surface area (Å²) in [6, 6.07) is 5.79. The molecule has 5 fully saturated rings. The average Bonchev–Trinajstić information content (AvgIpc) is 3.72. The molecule has 10 nitrogen and oxygen atoms in total. The summed E-state index contributed by atoms with van der Waals surface area (Å²) >= 11 is 0. The Morgan fingerprint density at radius 2 is 1.77 bits per heavy atom. The zero-order valence-electron chi connectivity index (χ0n) is 29.5. The van der Waals surface area contributed by atoms with Gasteiger partial charge in [-0.3, -0.25) is 14.8 Å². The molecule has 1 aliphatic carbocycles. The molecule has 4 aliphatic heterocycles. The number of halogens is 5. The van der Waals surface area contributed by atoms with E-state index in [0.717, 1.165) is 53.3 Å². The van der Waals surface area contributed by atoms with Gasteiger partial charge in [0.05, 0.1) is 18.3 Å². The van der Waals surface area contributed by atoms with E-state index in [9.17, 15) is 26.7 Å². The number of likely N-dealkylation sites (tertiary alicyclic amines) is 2. The summed E-state index contributed by atoms with van der Waals surface area (Å²) in [4.78, 5) is 30.0. The zero-order chi connectivity index (χ0) is 36.9. The molecule has 1 spiro atoms. The quantitative estimate of drug-likeness (QED) is 0.163. The minimum atomic E-state index is -4.61. The van der Waals surface area contributed by atoms with Crippen molar-refractivity contribution in [1.82, 2.24) is 30.0 Å². The first-order valence-corrected chi connectivity index (χ1v) is 18.3. The smallest absolute Gasteiger partial charge is 0.422 e. The van der Waals surface area contributed by atoms with E-state index in [1.165, 1.54) is 6.08 Å². The van der Waals surface area contributed by atoms with Crippen LogP contribution < -0.4 is 14.5 Å². The van der Waals surface area contributed by atoms with E-state index in [1.807, 2.05) is 24.0 Å². The molecule has 4 saturated heterocycles. The maximum Gasteiger partial charge on any atom is 0.422 e. The molecule has 2 aromatic heterocycles. The zero-order valence-corrected chi connectivity index (χ0v) is 29.5. The third kappa shape index (κ3) is 6.14. The molecule has 5 aliphatic rings. The van der Waals surface area contributed by atoms with Crippen LogP contribution in [0.1, 0.15) is 49.1 Å². The highest BCUT2D eigenvalue weighted by molar-refractivity contribution is 6.06. The first-order valence-electron chi connectivity index (χ1n) is 18.3. The number of anilines is 2. The highest BCUT2D eigenvalue weighted by Crippen LogP contribution is 2.53. The first-order chi connectivity index (χ1) is 25.3. The van der Waals surface area contributed by atoms with E-state index in [1.54, 1.807) is 16.0 Å². The molecule has 280 valence electrons. The number of aromatic nitrogens is 4. The van der Waals surface area contributed by atoms with Gasteiger partial charge in [-0.2, -0.15) is 23.3 Å². The summed E-state index contributed by atoms with van der Waals surface area (Å²) in [6.07, 6.45) is 1.66. The van der Waals surface area contributed by atoms with Gasteiger partial charge in [0.25, 0.3) is 5.92 Å². The van der Waals surface area contributed by atoms with Gasteiger partial charge in [-0.15, -0.1) is 0 Å². The second-order valence-corrected chi connectivity index (χ2v) is 15.7. The van der Waals surface area contributed by atoms with Crippen LogP contribution in [0.3, 0.4) is 0 Å². The lowest BCUT2D eigenvalue weighted by Crippen LogP contribution is -2.61. The lowest BCUT2D eigenvalue weighted by Gasteiger charge is -2.54. The summed E-state index contributed by atoms with van der Waals surface area (Å²) < 4.78 is 76.3. The number of carbonyl (C=O) groups is 1. The molecule has 0 radical (unpaired) electrons. The third-order valence-corrected chi connectivity index (χ3v) is 11.9. The number of rotatable bonds is 8. The Morgan fingerprint density at radius 3 is 2.43 bits per heavy atom.